The molecule has 0 aliphatic rings. The van der Waals surface area contributed by atoms with Crippen LogP contribution in [0, 0.1) is 0 Å². The zero-order valence-corrected chi connectivity index (χ0v) is 11.8. The number of oxazole rings is 1. The van der Waals surface area contributed by atoms with Crippen molar-refractivity contribution in [2.45, 2.75) is 51.9 Å². The highest BCUT2D eigenvalue weighted by atomic mass is 16.4. The number of nitrogens with zero attached hydrogens (tertiary/aromatic N) is 1. The summed E-state index contributed by atoms with van der Waals surface area (Å²) in [5, 5.41) is 0. The lowest BCUT2D eigenvalue weighted by Gasteiger charge is -1.98. The van der Waals surface area contributed by atoms with Crippen molar-refractivity contribution in [3.05, 3.63) is 42.4 Å². The lowest BCUT2D eigenvalue weighted by atomic mass is 10.1. The third-order valence-corrected chi connectivity index (χ3v) is 3.36. The summed E-state index contributed by atoms with van der Waals surface area (Å²) in [6.07, 6.45) is 10.6. The molecule has 0 saturated heterocycles. The first-order chi connectivity index (χ1) is 9.40. The van der Waals surface area contributed by atoms with Gasteiger partial charge in [-0.1, -0.05) is 69.4 Å². The number of aromatic nitrogens is 1. The van der Waals surface area contributed by atoms with Crippen LogP contribution in [0.1, 0.15) is 51.3 Å². The van der Waals surface area contributed by atoms with Gasteiger partial charge in [0.15, 0.2) is 11.7 Å². The van der Waals surface area contributed by atoms with Crippen molar-refractivity contribution in [3.63, 3.8) is 0 Å². The Morgan fingerprint density at radius 2 is 1.68 bits per heavy atom. The molecule has 1 heterocycles. The first-order valence-corrected chi connectivity index (χ1v) is 7.40. The van der Waals surface area contributed by atoms with E-state index in [9.17, 15) is 0 Å². The fourth-order valence-corrected chi connectivity index (χ4v) is 2.22. The van der Waals surface area contributed by atoms with Gasteiger partial charge in [0.25, 0.3) is 0 Å². The van der Waals surface area contributed by atoms with Gasteiger partial charge in [0.05, 0.1) is 6.20 Å². The molecule has 0 saturated carbocycles. The normalized spacial score (nSPS) is 10.8. The molecule has 2 aromatic rings. The molecule has 0 aliphatic heterocycles. The number of benzene rings is 1. The zero-order chi connectivity index (χ0) is 13.3. The summed E-state index contributed by atoms with van der Waals surface area (Å²) in [6.45, 7) is 2.25. The maximum Gasteiger partial charge on any atom is 0.194 e. The Morgan fingerprint density at radius 3 is 2.47 bits per heavy atom. The number of aryl methyl sites for hydroxylation is 1. The summed E-state index contributed by atoms with van der Waals surface area (Å²) in [6, 6.07) is 10.2. The summed E-state index contributed by atoms with van der Waals surface area (Å²) in [5.41, 5.74) is 1.10. The SMILES string of the molecule is CCCCCCCCc1ncc(-c2ccccc2)o1. The zero-order valence-electron chi connectivity index (χ0n) is 11.8. The summed E-state index contributed by atoms with van der Waals surface area (Å²) in [7, 11) is 0. The molecule has 0 fully saturated rings. The van der Waals surface area contributed by atoms with Crippen LogP contribution in [0.5, 0.6) is 0 Å². The van der Waals surface area contributed by atoms with E-state index in [1.807, 2.05) is 24.4 Å². The summed E-state index contributed by atoms with van der Waals surface area (Å²) >= 11 is 0. The van der Waals surface area contributed by atoms with E-state index in [-0.39, 0.29) is 0 Å². The van der Waals surface area contributed by atoms with Crippen molar-refractivity contribution in [3.8, 4) is 11.3 Å². The van der Waals surface area contributed by atoms with E-state index in [1.54, 1.807) is 0 Å². The minimum absolute atomic E-state index is 0.870. The molecule has 102 valence electrons. The lowest BCUT2D eigenvalue weighted by Crippen LogP contribution is -1.85. The molecule has 0 bridgehead atoms. The highest BCUT2D eigenvalue weighted by molar-refractivity contribution is 5.55. The smallest absolute Gasteiger partial charge is 0.194 e. The molecular weight excluding hydrogens is 234 g/mol. The Bertz CT molecular complexity index is 461. The maximum atomic E-state index is 5.79. The average molecular weight is 257 g/mol. The van der Waals surface area contributed by atoms with Crippen LogP contribution >= 0.6 is 0 Å². The Labute approximate surface area is 115 Å². The average Bonchev–Trinajstić information content (AvgIpc) is 2.92. The fraction of sp³-hybridized carbons (Fsp3) is 0.471. The monoisotopic (exact) mass is 257 g/mol. The predicted molar refractivity (Wildman–Crippen MR) is 79.0 cm³/mol. The maximum absolute atomic E-state index is 5.79. The number of unbranched alkanes of at least 4 members (excludes halogenated alkanes) is 5. The molecule has 1 aromatic heterocycles. The van der Waals surface area contributed by atoms with E-state index in [2.05, 4.69) is 24.0 Å². The lowest BCUT2D eigenvalue weighted by molar-refractivity contribution is 0.487. The minimum atomic E-state index is 0.870. The summed E-state index contributed by atoms with van der Waals surface area (Å²) in [5.74, 6) is 1.75. The van der Waals surface area contributed by atoms with Crippen LogP contribution in [0.3, 0.4) is 0 Å². The second-order valence-electron chi connectivity index (χ2n) is 5.00. The molecule has 0 N–H and O–H groups in total. The molecule has 0 unspecified atom stereocenters. The molecule has 19 heavy (non-hydrogen) atoms. The Morgan fingerprint density at radius 1 is 0.947 bits per heavy atom. The Hall–Kier alpha value is -1.57. The summed E-state index contributed by atoms with van der Waals surface area (Å²) in [4.78, 5) is 4.36. The van der Waals surface area contributed by atoms with Gasteiger partial charge in [0, 0.05) is 12.0 Å². The molecule has 1 aromatic carbocycles. The van der Waals surface area contributed by atoms with Crippen molar-refractivity contribution >= 4 is 0 Å². The van der Waals surface area contributed by atoms with Crippen molar-refractivity contribution in [1.29, 1.82) is 0 Å². The van der Waals surface area contributed by atoms with E-state index in [0.717, 1.165) is 23.6 Å². The number of hydrogen-bond donors (Lipinski definition) is 0. The van der Waals surface area contributed by atoms with Gasteiger partial charge in [-0.2, -0.15) is 0 Å². The first kappa shape index (κ1) is 13.9. The minimum Gasteiger partial charge on any atom is -0.441 e. The van der Waals surface area contributed by atoms with Crippen molar-refractivity contribution in [2.24, 2.45) is 0 Å². The second kappa shape index (κ2) is 7.78. The predicted octanol–water partition coefficient (Wildman–Crippen LogP) is 5.24. The standard InChI is InChI=1S/C17H23NO/c1-2-3-4-5-6-10-13-17-18-14-16(19-17)15-11-8-7-9-12-15/h7-9,11-12,14H,2-6,10,13H2,1H3. The molecule has 2 heteroatoms. The number of hydrogen-bond acceptors (Lipinski definition) is 2. The van der Waals surface area contributed by atoms with Crippen molar-refractivity contribution < 1.29 is 4.42 Å². The van der Waals surface area contributed by atoms with E-state index in [0.29, 0.717) is 0 Å². The second-order valence-corrected chi connectivity index (χ2v) is 5.00. The van der Waals surface area contributed by atoms with E-state index in [4.69, 9.17) is 4.42 Å². The van der Waals surface area contributed by atoms with Gasteiger partial charge in [0.1, 0.15) is 0 Å². The Balaban J connectivity index is 1.75. The highest BCUT2D eigenvalue weighted by Crippen LogP contribution is 2.20. The van der Waals surface area contributed by atoms with Crippen molar-refractivity contribution in [2.75, 3.05) is 0 Å². The first-order valence-electron chi connectivity index (χ1n) is 7.40. The molecular formula is C17H23NO. The van der Waals surface area contributed by atoms with Crippen LogP contribution in [0.4, 0.5) is 0 Å². The molecule has 0 aliphatic carbocycles. The van der Waals surface area contributed by atoms with Crippen LogP contribution in [-0.2, 0) is 6.42 Å². The largest absolute Gasteiger partial charge is 0.441 e. The van der Waals surface area contributed by atoms with Gasteiger partial charge in [-0.15, -0.1) is 0 Å². The molecule has 0 radical (unpaired) electrons. The summed E-state index contributed by atoms with van der Waals surface area (Å²) < 4.78 is 5.79. The van der Waals surface area contributed by atoms with Crippen molar-refractivity contribution in [1.82, 2.24) is 4.98 Å². The van der Waals surface area contributed by atoms with Gasteiger partial charge in [-0.3, -0.25) is 0 Å². The van der Waals surface area contributed by atoms with Crippen LogP contribution in [0.2, 0.25) is 0 Å². The van der Waals surface area contributed by atoms with E-state index >= 15 is 0 Å². The number of rotatable bonds is 8. The molecule has 0 spiro atoms. The van der Waals surface area contributed by atoms with Gasteiger partial charge < -0.3 is 4.42 Å². The highest BCUT2D eigenvalue weighted by Gasteiger charge is 2.05. The third kappa shape index (κ3) is 4.55. The van der Waals surface area contributed by atoms with Gasteiger partial charge in [0.2, 0.25) is 0 Å². The quantitative estimate of drug-likeness (QED) is 0.604. The van der Waals surface area contributed by atoms with Gasteiger partial charge in [-0.25, -0.2) is 4.98 Å². The molecule has 0 amide bonds. The molecule has 0 atom stereocenters. The topological polar surface area (TPSA) is 26.0 Å². The van der Waals surface area contributed by atoms with Crippen LogP contribution < -0.4 is 0 Å². The fourth-order valence-electron chi connectivity index (χ4n) is 2.22. The molecule has 2 nitrogen and oxygen atoms in total. The molecule has 2 rings (SSSR count). The van der Waals surface area contributed by atoms with Crippen LogP contribution in [0.15, 0.2) is 40.9 Å². The van der Waals surface area contributed by atoms with Gasteiger partial charge in [-0.05, 0) is 6.42 Å². The van der Waals surface area contributed by atoms with E-state index in [1.165, 1.54) is 38.5 Å². The third-order valence-electron chi connectivity index (χ3n) is 3.36. The van der Waals surface area contributed by atoms with Crippen LogP contribution in [0.25, 0.3) is 11.3 Å². The van der Waals surface area contributed by atoms with E-state index < -0.39 is 0 Å². The van der Waals surface area contributed by atoms with Gasteiger partial charge >= 0.3 is 0 Å². The van der Waals surface area contributed by atoms with Crippen LogP contribution in [-0.4, -0.2) is 4.98 Å². The Kier molecular flexibility index (Phi) is 5.67.